The Bertz CT molecular complexity index is 889. The number of rotatable bonds is 8. The van der Waals surface area contributed by atoms with Crippen molar-refractivity contribution >= 4 is 11.9 Å². The van der Waals surface area contributed by atoms with Crippen LogP contribution in [0.2, 0.25) is 0 Å². The zero-order chi connectivity index (χ0) is 22.1. The molecule has 6 nitrogen and oxygen atoms in total. The van der Waals surface area contributed by atoms with Crippen LogP contribution in [0.3, 0.4) is 0 Å². The average Bonchev–Trinajstić information content (AvgIpc) is 2.82. The van der Waals surface area contributed by atoms with E-state index in [0.29, 0.717) is 35.8 Å². The van der Waals surface area contributed by atoms with E-state index in [9.17, 15) is 4.79 Å². The Labute approximate surface area is 184 Å². The molecule has 1 fully saturated rings. The van der Waals surface area contributed by atoms with E-state index in [0.717, 1.165) is 31.2 Å². The number of nitrogens with one attached hydrogen (secondary N) is 2. The van der Waals surface area contributed by atoms with Crippen molar-refractivity contribution in [3.05, 3.63) is 78.4 Å². The fraction of sp³-hybridized carbons (Fsp3) is 0.360. The molecule has 0 radical (unpaired) electrons. The lowest BCUT2D eigenvalue weighted by molar-refractivity contribution is 0.0907. The normalized spacial score (nSPS) is 19.8. The molecule has 1 aliphatic carbocycles. The Hall–Kier alpha value is -3.28. The van der Waals surface area contributed by atoms with Gasteiger partial charge in [-0.25, -0.2) is 4.99 Å². The standard InChI is InChI=1S/C25H32N4O2/c1-3-17-27-25(26)28-20-15-13-19(14-16-20)23(18-9-5-4-6-10-18)29-24(30)21-11-7-8-12-22(21)31-2/h3-12,19-20,23H,1,13-17H2,2H3,(H,29,30)(H3,26,27,28). The number of carbonyl (C=O) groups is 1. The molecule has 2 aromatic rings. The number of guanidine groups is 1. The number of hydrogen-bond donors (Lipinski definition) is 3. The third-order valence-electron chi connectivity index (χ3n) is 5.78. The Morgan fingerprint density at radius 1 is 1.16 bits per heavy atom. The first kappa shape index (κ1) is 22.4. The van der Waals surface area contributed by atoms with E-state index in [4.69, 9.17) is 10.5 Å². The number of hydrogen-bond acceptors (Lipinski definition) is 3. The van der Waals surface area contributed by atoms with Gasteiger partial charge in [-0.1, -0.05) is 48.5 Å². The van der Waals surface area contributed by atoms with Crippen LogP contribution < -0.4 is 21.1 Å². The Morgan fingerprint density at radius 3 is 2.52 bits per heavy atom. The van der Waals surface area contributed by atoms with Gasteiger partial charge in [-0.15, -0.1) is 6.58 Å². The molecule has 0 saturated heterocycles. The van der Waals surface area contributed by atoms with Crippen LogP contribution in [0.5, 0.6) is 5.75 Å². The molecule has 6 heteroatoms. The van der Waals surface area contributed by atoms with Crippen LogP contribution in [0.1, 0.15) is 47.6 Å². The van der Waals surface area contributed by atoms with E-state index >= 15 is 0 Å². The molecule has 0 bridgehead atoms. The van der Waals surface area contributed by atoms with Gasteiger partial charge in [-0.05, 0) is 49.3 Å². The van der Waals surface area contributed by atoms with Gasteiger partial charge >= 0.3 is 0 Å². The highest BCUT2D eigenvalue weighted by atomic mass is 16.5. The lowest BCUT2D eigenvalue weighted by Gasteiger charge is -2.35. The molecule has 1 aliphatic rings. The number of para-hydroxylation sites is 1. The van der Waals surface area contributed by atoms with Crippen LogP contribution in [0.15, 0.2) is 72.2 Å². The minimum Gasteiger partial charge on any atom is -0.496 e. The second-order valence-electron chi connectivity index (χ2n) is 7.83. The van der Waals surface area contributed by atoms with Crippen LogP contribution in [0.4, 0.5) is 0 Å². The molecule has 3 rings (SSSR count). The molecule has 2 aromatic carbocycles. The number of nitrogens with zero attached hydrogens (tertiary/aromatic N) is 1. The first-order valence-corrected chi connectivity index (χ1v) is 10.8. The maximum atomic E-state index is 13.1. The zero-order valence-electron chi connectivity index (χ0n) is 18.1. The zero-order valence-corrected chi connectivity index (χ0v) is 18.1. The molecule has 31 heavy (non-hydrogen) atoms. The number of benzene rings is 2. The van der Waals surface area contributed by atoms with Gasteiger partial charge in [0, 0.05) is 6.04 Å². The van der Waals surface area contributed by atoms with Gasteiger partial charge in [0.25, 0.3) is 5.91 Å². The molecule has 0 heterocycles. The van der Waals surface area contributed by atoms with Gasteiger partial charge in [0.15, 0.2) is 5.96 Å². The predicted molar refractivity (Wildman–Crippen MR) is 125 cm³/mol. The van der Waals surface area contributed by atoms with E-state index in [1.165, 1.54) is 0 Å². The van der Waals surface area contributed by atoms with Gasteiger partial charge in [0.2, 0.25) is 0 Å². The lowest BCUT2D eigenvalue weighted by atomic mass is 9.79. The highest BCUT2D eigenvalue weighted by Gasteiger charge is 2.30. The van der Waals surface area contributed by atoms with Crippen molar-refractivity contribution in [2.75, 3.05) is 13.7 Å². The fourth-order valence-electron chi connectivity index (χ4n) is 4.20. The third kappa shape index (κ3) is 6.10. The Balaban J connectivity index is 1.71. The summed E-state index contributed by atoms with van der Waals surface area (Å²) >= 11 is 0. The SMILES string of the molecule is C=CCN=C(N)NC1CCC(C(NC(=O)c2ccccc2OC)c2ccccc2)CC1. The monoisotopic (exact) mass is 420 g/mol. The summed E-state index contributed by atoms with van der Waals surface area (Å²) in [5.41, 5.74) is 7.62. The summed E-state index contributed by atoms with van der Waals surface area (Å²) < 4.78 is 5.38. The topological polar surface area (TPSA) is 88.7 Å². The van der Waals surface area contributed by atoms with E-state index in [-0.39, 0.29) is 11.9 Å². The van der Waals surface area contributed by atoms with Crippen molar-refractivity contribution in [2.45, 2.75) is 37.8 Å². The molecule has 1 unspecified atom stereocenters. The molecule has 1 amide bonds. The maximum absolute atomic E-state index is 13.1. The molecule has 164 valence electrons. The number of amides is 1. The van der Waals surface area contributed by atoms with E-state index in [1.807, 2.05) is 36.4 Å². The van der Waals surface area contributed by atoms with Crippen LogP contribution in [-0.2, 0) is 0 Å². The number of aliphatic imine (C=N–C) groups is 1. The van der Waals surface area contributed by atoms with Gasteiger partial charge in [-0.3, -0.25) is 4.79 Å². The summed E-state index contributed by atoms with van der Waals surface area (Å²) in [5, 5.41) is 6.59. The smallest absolute Gasteiger partial charge is 0.255 e. The van der Waals surface area contributed by atoms with E-state index in [1.54, 1.807) is 19.3 Å². The Kier molecular flexibility index (Phi) is 8.10. The minimum absolute atomic E-state index is 0.0636. The first-order chi connectivity index (χ1) is 15.1. The van der Waals surface area contributed by atoms with Gasteiger partial charge < -0.3 is 21.1 Å². The number of ether oxygens (including phenoxy) is 1. The van der Waals surface area contributed by atoms with Crippen LogP contribution in [0.25, 0.3) is 0 Å². The van der Waals surface area contributed by atoms with E-state index in [2.05, 4.69) is 34.3 Å². The molecule has 4 N–H and O–H groups in total. The highest BCUT2D eigenvalue weighted by molar-refractivity contribution is 5.97. The van der Waals surface area contributed by atoms with Gasteiger partial charge in [0.1, 0.15) is 5.75 Å². The summed E-state index contributed by atoms with van der Waals surface area (Å²) in [6, 6.07) is 17.7. The molecule has 0 aliphatic heterocycles. The summed E-state index contributed by atoms with van der Waals surface area (Å²) in [6.07, 6.45) is 5.64. The van der Waals surface area contributed by atoms with Crippen molar-refractivity contribution in [1.82, 2.24) is 10.6 Å². The summed E-state index contributed by atoms with van der Waals surface area (Å²) in [4.78, 5) is 17.3. The summed E-state index contributed by atoms with van der Waals surface area (Å²) in [7, 11) is 1.58. The molecule has 1 atom stereocenters. The van der Waals surface area contributed by atoms with Gasteiger partial charge in [0.05, 0.1) is 25.3 Å². The van der Waals surface area contributed by atoms with Crippen LogP contribution >= 0.6 is 0 Å². The first-order valence-electron chi connectivity index (χ1n) is 10.8. The summed E-state index contributed by atoms with van der Waals surface area (Å²) in [5.74, 6) is 1.26. The average molecular weight is 421 g/mol. The second kappa shape index (κ2) is 11.2. The lowest BCUT2D eigenvalue weighted by Crippen LogP contribution is -2.43. The van der Waals surface area contributed by atoms with Crippen LogP contribution in [0, 0.1) is 5.92 Å². The van der Waals surface area contributed by atoms with Crippen molar-refractivity contribution in [3.8, 4) is 5.75 Å². The predicted octanol–water partition coefficient (Wildman–Crippen LogP) is 3.82. The molecule has 1 saturated carbocycles. The maximum Gasteiger partial charge on any atom is 0.255 e. The molecule has 0 spiro atoms. The van der Waals surface area contributed by atoms with Crippen molar-refractivity contribution in [1.29, 1.82) is 0 Å². The quantitative estimate of drug-likeness (QED) is 0.344. The van der Waals surface area contributed by atoms with E-state index < -0.39 is 0 Å². The van der Waals surface area contributed by atoms with Gasteiger partial charge in [-0.2, -0.15) is 0 Å². The van der Waals surface area contributed by atoms with Crippen molar-refractivity contribution in [3.63, 3.8) is 0 Å². The Morgan fingerprint density at radius 2 is 1.84 bits per heavy atom. The highest BCUT2D eigenvalue weighted by Crippen LogP contribution is 2.35. The number of methoxy groups -OCH3 is 1. The molecular formula is C25H32N4O2. The fourth-order valence-corrected chi connectivity index (χ4v) is 4.20. The second-order valence-corrected chi connectivity index (χ2v) is 7.83. The molecule has 0 aromatic heterocycles. The van der Waals surface area contributed by atoms with Crippen molar-refractivity contribution < 1.29 is 9.53 Å². The van der Waals surface area contributed by atoms with Crippen molar-refractivity contribution in [2.24, 2.45) is 16.6 Å². The minimum atomic E-state index is -0.118. The third-order valence-corrected chi connectivity index (χ3v) is 5.78. The van der Waals surface area contributed by atoms with Crippen LogP contribution in [-0.4, -0.2) is 31.6 Å². The number of nitrogens with two attached hydrogens (primary N) is 1. The molecular weight excluding hydrogens is 388 g/mol. The summed E-state index contributed by atoms with van der Waals surface area (Å²) in [6.45, 7) is 4.17. The largest absolute Gasteiger partial charge is 0.496 e. The number of carbonyl (C=O) groups excluding carboxylic acids is 1.